The van der Waals surface area contributed by atoms with Gasteiger partial charge in [0.15, 0.2) is 0 Å². The third-order valence-electron chi connectivity index (χ3n) is 2.17. The minimum absolute atomic E-state index is 0.101. The average Bonchev–Trinajstić information content (AvgIpc) is 2.29. The second-order valence-electron chi connectivity index (χ2n) is 3.73. The highest BCUT2D eigenvalue weighted by molar-refractivity contribution is 6.30. The van der Waals surface area contributed by atoms with Crippen molar-refractivity contribution in [3.05, 3.63) is 29.0 Å². The molecule has 0 saturated carbocycles. The van der Waals surface area contributed by atoms with Crippen LogP contribution >= 0.6 is 11.6 Å². The van der Waals surface area contributed by atoms with Gasteiger partial charge in [-0.05, 0) is 19.1 Å². The molecule has 1 N–H and O–H groups in total. The summed E-state index contributed by atoms with van der Waals surface area (Å²) in [6.07, 6.45) is 0. The molecule has 0 aliphatic carbocycles. The van der Waals surface area contributed by atoms with E-state index in [0.717, 1.165) is 0 Å². The highest BCUT2D eigenvalue weighted by atomic mass is 35.5. The lowest BCUT2D eigenvalue weighted by Crippen LogP contribution is -2.33. The van der Waals surface area contributed by atoms with E-state index in [1.54, 1.807) is 13.2 Å². The van der Waals surface area contributed by atoms with E-state index in [4.69, 9.17) is 21.1 Å². The van der Waals surface area contributed by atoms with E-state index in [9.17, 15) is 4.39 Å². The first-order valence-corrected chi connectivity index (χ1v) is 5.81. The van der Waals surface area contributed by atoms with Crippen molar-refractivity contribution in [3.8, 4) is 5.75 Å². The van der Waals surface area contributed by atoms with Crippen molar-refractivity contribution < 1.29 is 13.9 Å². The molecule has 0 aliphatic heterocycles. The summed E-state index contributed by atoms with van der Waals surface area (Å²) in [7, 11) is 1.66. The first-order chi connectivity index (χ1) is 8.13. The summed E-state index contributed by atoms with van der Waals surface area (Å²) < 4.78 is 23.4. The number of hydrogen-bond acceptors (Lipinski definition) is 3. The maximum atomic E-state index is 13.1. The van der Waals surface area contributed by atoms with Crippen molar-refractivity contribution in [3.63, 3.8) is 0 Å². The Hall–Kier alpha value is -0.840. The largest absolute Gasteiger partial charge is 0.492 e. The summed E-state index contributed by atoms with van der Waals surface area (Å²) in [5.74, 6) is 0.0120. The maximum absolute atomic E-state index is 13.1. The van der Waals surface area contributed by atoms with Crippen molar-refractivity contribution in [1.29, 1.82) is 0 Å². The van der Waals surface area contributed by atoms with Crippen molar-refractivity contribution in [2.75, 3.05) is 26.9 Å². The predicted octanol–water partition coefficient (Wildman–Crippen LogP) is 2.48. The van der Waals surface area contributed by atoms with Crippen molar-refractivity contribution in [2.24, 2.45) is 0 Å². The molecule has 0 aliphatic rings. The number of nitrogens with one attached hydrogen (secondary N) is 1. The molecule has 1 aromatic carbocycles. The van der Waals surface area contributed by atoms with Gasteiger partial charge in [-0.1, -0.05) is 11.6 Å². The molecule has 0 saturated heterocycles. The maximum Gasteiger partial charge on any atom is 0.145 e. The summed E-state index contributed by atoms with van der Waals surface area (Å²) in [4.78, 5) is 0. The van der Waals surface area contributed by atoms with Crippen LogP contribution in [0.3, 0.4) is 0 Å². The van der Waals surface area contributed by atoms with Gasteiger partial charge in [0.1, 0.15) is 18.2 Å². The van der Waals surface area contributed by atoms with Crippen LogP contribution in [0, 0.1) is 5.82 Å². The number of halogens is 2. The molecule has 1 unspecified atom stereocenters. The molecular formula is C12H17ClFNO2. The standard InChI is InChI=1S/C12H17ClFNO2/c1-9(8-16-2)15-5-6-17-10-3-4-11(13)12(14)7-10/h3-4,7,9,15H,5-6,8H2,1-2H3. The highest BCUT2D eigenvalue weighted by Gasteiger charge is 2.02. The van der Waals surface area contributed by atoms with Crippen LogP contribution < -0.4 is 10.1 Å². The van der Waals surface area contributed by atoms with E-state index < -0.39 is 5.82 Å². The van der Waals surface area contributed by atoms with Gasteiger partial charge in [0.2, 0.25) is 0 Å². The Bertz CT molecular complexity index is 349. The SMILES string of the molecule is COCC(C)NCCOc1ccc(Cl)c(F)c1. The van der Waals surface area contributed by atoms with Gasteiger partial charge in [-0.3, -0.25) is 0 Å². The van der Waals surface area contributed by atoms with Gasteiger partial charge >= 0.3 is 0 Å². The molecule has 1 aromatic rings. The molecule has 0 amide bonds. The number of methoxy groups -OCH3 is 1. The summed E-state index contributed by atoms with van der Waals surface area (Å²) >= 11 is 5.56. The van der Waals surface area contributed by atoms with E-state index in [0.29, 0.717) is 25.5 Å². The smallest absolute Gasteiger partial charge is 0.145 e. The molecule has 5 heteroatoms. The van der Waals surface area contributed by atoms with Gasteiger partial charge in [0, 0.05) is 25.8 Å². The van der Waals surface area contributed by atoms with Crippen molar-refractivity contribution in [1.82, 2.24) is 5.32 Å². The van der Waals surface area contributed by atoms with Crippen LogP contribution in [-0.4, -0.2) is 32.9 Å². The van der Waals surface area contributed by atoms with Crippen LogP contribution in [0.25, 0.3) is 0 Å². The van der Waals surface area contributed by atoms with Crippen molar-refractivity contribution >= 4 is 11.6 Å². The van der Waals surface area contributed by atoms with E-state index in [1.807, 2.05) is 6.92 Å². The molecule has 17 heavy (non-hydrogen) atoms. The van der Waals surface area contributed by atoms with E-state index >= 15 is 0 Å². The minimum atomic E-state index is -0.468. The normalized spacial score (nSPS) is 12.5. The molecule has 0 fully saturated rings. The molecule has 1 rings (SSSR count). The predicted molar refractivity (Wildman–Crippen MR) is 66.2 cm³/mol. The third kappa shape index (κ3) is 5.35. The quantitative estimate of drug-likeness (QED) is 0.765. The molecule has 0 spiro atoms. The lowest BCUT2D eigenvalue weighted by atomic mass is 10.3. The van der Waals surface area contributed by atoms with Crippen LogP contribution in [0.1, 0.15) is 6.92 Å². The Morgan fingerprint density at radius 1 is 1.47 bits per heavy atom. The number of hydrogen-bond donors (Lipinski definition) is 1. The van der Waals surface area contributed by atoms with E-state index in [-0.39, 0.29) is 11.1 Å². The first kappa shape index (κ1) is 14.2. The Morgan fingerprint density at radius 3 is 2.88 bits per heavy atom. The fraction of sp³-hybridized carbons (Fsp3) is 0.500. The van der Waals surface area contributed by atoms with Gasteiger partial charge in [0.05, 0.1) is 11.6 Å². The first-order valence-electron chi connectivity index (χ1n) is 5.43. The second kappa shape index (κ2) is 7.48. The Morgan fingerprint density at radius 2 is 2.24 bits per heavy atom. The van der Waals surface area contributed by atoms with Crippen LogP contribution in [0.15, 0.2) is 18.2 Å². The van der Waals surface area contributed by atoms with E-state index in [1.165, 1.54) is 12.1 Å². The Kier molecular flexibility index (Phi) is 6.26. The van der Waals surface area contributed by atoms with Crippen LogP contribution in [-0.2, 0) is 4.74 Å². The molecule has 3 nitrogen and oxygen atoms in total. The molecule has 0 heterocycles. The van der Waals surface area contributed by atoms with Crippen LogP contribution in [0.5, 0.6) is 5.75 Å². The number of benzene rings is 1. The fourth-order valence-electron chi connectivity index (χ4n) is 1.35. The lowest BCUT2D eigenvalue weighted by Gasteiger charge is -2.13. The summed E-state index contributed by atoms with van der Waals surface area (Å²) in [5.41, 5.74) is 0. The Balaban J connectivity index is 2.24. The molecule has 0 bridgehead atoms. The highest BCUT2D eigenvalue weighted by Crippen LogP contribution is 2.20. The van der Waals surface area contributed by atoms with Crippen LogP contribution in [0.4, 0.5) is 4.39 Å². The van der Waals surface area contributed by atoms with Gasteiger partial charge in [-0.25, -0.2) is 4.39 Å². The minimum Gasteiger partial charge on any atom is -0.492 e. The molecular weight excluding hydrogens is 245 g/mol. The zero-order valence-corrected chi connectivity index (χ0v) is 10.8. The van der Waals surface area contributed by atoms with Gasteiger partial charge in [-0.15, -0.1) is 0 Å². The lowest BCUT2D eigenvalue weighted by molar-refractivity contribution is 0.169. The summed E-state index contributed by atoms with van der Waals surface area (Å²) in [5, 5.41) is 3.31. The monoisotopic (exact) mass is 261 g/mol. The van der Waals surface area contributed by atoms with Gasteiger partial charge in [0.25, 0.3) is 0 Å². The molecule has 1 atom stereocenters. The van der Waals surface area contributed by atoms with Crippen LogP contribution in [0.2, 0.25) is 5.02 Å². The third-order valence-corrected chi connectivity index (χ3v) is 2.48. The second-order valence-corrected chi connectivity index (χ2v) is 4.14. The fourth-order valence-corrected chi connectivity index (χ4v) is 1.47. The van der Waals surface area contributed by atoms with E-state index in [2.05, 4.69) is 5.32 Å². The summed E-state index contributed by atoms with van der Waals surface area (Å²) in [6, 6.07) is 4.67. The van der Waals surface area contributed by atoms with Gasteiger partial charge < -0.3 is 14.8 Å². The molecule has 0 aromatic heterocycles. The van der Waals surface area contributed by atoms with Gasteiger partial charge in [-0.2, -0.15) is 0 Å². The zero-order valence-electron chi connectivity index (χ0n) is 10.0. The number of rotatable bonds is 7. The topological polar surface area (TPSA) is 30.5 Å². The Labute approximate surface area is 106 Å². The average molecular weight is 262 g/mol. The molecule has 0 radical (unpaired) electrons. The molecule has 96 valence electrons. The van der Waals surface area contributed by atoms with Crippen molar-refractivity contribution in [2.45, 2.75) is 13.0 Å². The number of ether oxygens (including phenoxy) is 2. The summed E-state index contributed by atoms with van der Waals surface area (Å²) in [6.45, 7) is 3.81. The zero-order chi connectivity index (χ0) is 12.7.